The minimum absolute atomic E-state index is 0.486. The van der Waals surface area contributed by atoms with E-state index in [9.17, 15) is 9.90 Å². The van der Waals surface area contributed by atoms with E-state index in [-0.39, 0.29) is 0 Å². The largest absolute Gasteiger partial charge is 0.481 e. The molecule has 98 valence electrons. The van der Waals surface area contributed by atoms with Crippen LogP contribution < -0.4 is 0 Å². The normalized spacial score (nSPS) is 12.1. The molecule has 3 nitrogen and oxygen atoms in total. The first-order valence-electron chi connectivity index (χ1n) is 6.27. The highest BCUT2D eigenvalue weighted by molar-refractivity contribution is 5.76. The minimum Gasteiger partial charge on any atom is -0.481 e. The van der Waals surface area contributed by atoms with Crippen LogP contribution in [-0.4, -0.2) is 16.1 Å². The van der Waals surface area contributed by atoms with Crippen molar-refractivity contribution in [3.05, 3.63) is 65.0 Å². The molecule has 0 fully saturated rings. The van der Waals surface area contributed by atoms with Crippen molar-refractivity contribution < 1.29 is 9.90 Å². The van der Waals surface area contributed by atoms with Crippen molar-refractivity contribution in [2.45, 2.75) is 26.2 Å². The molecule has 1 heterocycles. The van der Waals surface area contributed by atoms with E-state index in [1.807, 2.05) is 44.2 Å². The van der Waals surface area contributed by atoms with Gasteiger partial charge in [-0.2, -0.15) is 0 Å². The lowest BCUT2D eigenvalue weighted by Crippen LogP contribution is -2.14. The predicted octanol–water partition coefficient (Wildman–Crippen LogP) is 3.11. The first-order chi connectivity index (χ1) is 9.08. The fourth-order valence-corrected chi connectivity index (χ4v) is 2.08. The van der Waals surface area contributed by atoms with Gasteiger partial charge in [-0.1, -0.05) is 18.2 Å². The van der Waals surface area contributed by atoms with E-state index in [1.54, 1.807) is 12.4 Å². The number of hydrogen-bond acceptors (Lipinski definition) is 2. The van der Waals surface area contributed by atoms with Gasteiger partial charge < -0.3 is 5.11 Å². The Morgan fingerprint density at radius 2 is 1.84 bits per heavy atom. The third-order valence-electron chi connectivity index (χ3n) is 3.42. The number of carbonyl (C=O) groups is 1. The molecule has 0 aliphatic rings. The number of aryl methyl sites for hydroxylation is 2. The number of nitrogens with zero attached hydrogens (tertiary/aromatic N) is 1. The second-order valence-electron chi connectivity index (χ2n) is 4.79. The summed E-state index contributed by atoms with van der Waals surface area (Å²) in [5.41, 5.74) is 4.14. The van der Waals surface area contributed by atoms with Gasteiger partial charge in [-0.25, -0.2) is 0 Å². The topological polar surface area (TPSA) is 50.2 Å². The number of rotatable bonds is 4. The van der Waals surface area contributed by atoms with Crippen LogP contribution in [-0.2, 0) is 11.2 Å². The van der Waals surface area contributed by atoms with E-state index in [0.717, 1.165) is 16.7 Å². The average molecular weight is 255 g/mol. The Labute approximate surface area is 112 Å². The minimum atomic E-state index is -0.792. The van der Waals surface area contributed by atoms with Crippen LogP contribution in [0.3, 0.4) is 0 Å². The molecule has 0 saturated carbocycles. The molecule has 2 rings (SSSR count). The third-order valence-corrected chi connectivity index (χ3v) is 3.42. The van der Waals surface area contributed by atoms with Crippen LogP contribution in [0.2, 0.25) is 0 Å². The van der Waals surface area contributed by atoms with E-state index < -0.39 is 11.9 Å². The predicted molar refractivity (Wildman–Crippen MR) is 74.2 cm³/mol. The van der Waals surface area contributed by atoms with Gasteiger partial charge in [-0.15, -0.1) is 0 Å². The summed E-state index contributed by atoms with van der Waals surface area (Å²) in [6.45, 7) is 4.03. The number of hydrogen-bond donors (Lipinski definition) is 1. The molecule has 2 aromatic rings. The fraction of sp³-hybridized carbons (Fsp3) is 0.250. The van der Waals surface area contributed by atoms with Crippen molar-refractivity contribution in [2.24, 2.45) is 0 Å². The van der Waals surface area contributed by atoms with E-state index >= 15 is 0 Å². The van der Waals surface area contributed by atoms with Gasteiger partial charge in [0.15, 0.2) is 0 Å². The molecule has 1 aromatic heterocycles. The Kier molecular flexibility index (Phi) is 3.95. The molecule has 0 radical (unpaired) electrons. The number of carboxylic acids is 1. The van der Waals surface area contributed by atoms with Crippen LogP contribution in [0.4, 0.5) is 0 Å². The summed E-state index contributed by atoms with van der Waals surface area (Å²) in [5, 5.41) is 9.43. The van der Waals surface area contributed by atoms with Crippen molar-refractivity contribution in [3.8, 4) is 0 Å². The first-order valence-corrected chi connectivity index (χ1v) is 6.27. The highest BCUT2D eigenvalue weighted by atomic mass is 16.4. The molecule has 0 saturated heterocycles. The zero-order valence-corrected chi connectivity index (χ0v) is 11.1. The summed E-state index contributed by atoms with van der Waals surface area (Å²) in [4.78, 5) is 15.4. The smallest absolute Gasteiger partial charge is 0.311 e. The zero-order valence-electron chi connectivity index (χ0n) is 11.1. The molecule has 0 aliphatic heterocycles. The lowest BCUT2D eigenvalue weighted by Gasteiger charge is -2.14. The summed E-state index contributed by atoms with van der Waals surface area (Å²) in [5.74, 6) is -1.30. The SMILES string of the molecule is Cc1ccc(C(Cc2ccncc2)C(=O)O)cc1C. The molecule has 1 N–H and O–H groups in total. The van der Waals surface area contributed by atoms with Crippen molar-refractivity contribution in [3.63, 3.8) is 0 Å². The van der Waals surface area contributed by atoms with Crippen molar-refractivity contribution in [2.75, 3.05) is 0 Å². The quantitative estimate of drug-likeness (QED) is 0.913. The summed E-state index contributed by atoms with van der Waals surface area (Å²) in [6.07, 6.45) is 3.86. The summed E-state index contributed by atoms with van der Waals surface area (Å²) >= 11 is 0. The second kappa shape index (κ2) is 5.65. The monoisotopic (exact) mass is 255 g/mol. The van der Waals surface area contributed by atoms with E-state index in [0.29, 0.717) is 6.42 Å². The third kappa shape index (κ3) is 3.19. The van der Waals surface area contributed by atoms with Crippen LogP contribution in [0, 0.1) is 13.8 Å². The van der Waals surface area contributed by atoms with E-state index in [4.69, 9.17) is 0 Å². The Balaban J connectivity index is 2.30. The van der Waals surface area contributed by atoms with Gasteiger partial charge in [0.25, 0.3) is 0 Å². The van der Waals surface area contributed by atoms with Gasteiger partial charge in [0, 0.05) is 12.4 Å². The maximum Gasteiger partial charge on any atom is 0.311 e. The van der Waals surface area contributed by atoms with Crippen molar-refractivity contribution >= 4 is 5.97 Å². The second-order valence-corrected chi connectivity index (χ2v) is 4.79. The highest BCUT2D eigenvalue weighted by Crippen LogP contribution is 2.23. The molecule has 19 heavy (non-hydrogen) atoms. The average Bonchev–Trinajstić information content (AvgIpc) is 2.40. The Hall–Kier alpha value is -2.16. The fourth-order valence-electron chi connectivity index (χ4n) is 2.08. The Morgan fingerprint density at radius 1 is 1.16 bits per heavy atom. The van der Waals surface area contributed by atoms with Crippen LogP contribution in [0.5, 0.6) is 0 Å². The lowest BCUT2D eigenvalue weighted by molar-refractivity contribution is -0.138. The maximum absolute atomic E-state index is 11.5. The Morgan fingerprint density at radius 3 is 2.42 bits per heavy atom. The molecule has 0 aliphatic carbocycles. The van der Waals surface area contributed by atoms with Gasteiger partial charge in [0.05, 0.1) is 5.92 Å². The van der Waals surface area contributed by atoms with Crippen molar-refractivity contribution in [1.29, 1.82) is 0 Å². The number of pyridine rings is 1. The van der Waals surface area contributed by atoms with Crippen LogP contribution in [0.1, 0.15) is 28.2 Å². The van der Waals surface area contributed by atoms with Gasteiger partial charge in [-0.05, 0) is 54.7 Å². The molecular weight excluding hydrogens is 238 g/mol. The van der Waals surface area contributed by atoms with Gasteiger partial charge >= 0.3 is 5.97 Å². The van der Waals surface area contributed by atoms with Crippen molar-refractivity contribution in [1.82, 2.24) is 4.98 Å². The molecule has 1 unspecified atom stereocenters. The summed E-state index contributed by atoms with van der Waals surface area (Å²) in [6, 6.07) is 9.57. The molecule has 0 amide bonds. The molecule has 1 atom stereocenters. The standard InChI is InChI=1S/C16H17NO2/c1-11-3-4-14(9-12(11)2)15(16(18)19)10-13-5-7-17-8-6-13/h3-9,15H,10H2,1-2H3,(H,18,19). The first kappa shape index (κ1) is 13.3. The van der Waals surface area contributed by atoms with Crippen LogP contribution in [0.15, 0.2) is 42.7 Å². The zero-order chi connectivity index (χ0) is 13.8. The summed E-state index contributed by atoms with van der Waals surface area (Å²) in [7, 11) is 0. The van der Waals surface area contributed by atoms with Crippen LogP contribution >= 0.6 is 0 Å². The molecule has 0 bridgehead atoms. The maximum atomic E-state index is 11.5. The number of aromatic nitrogens is 1. The number of benzene rings is 1. The molecule has 3 heteroatoms. The van der Waals surface area contributed by atoms with E-state index in [2.05, 4.69) is 4.98 Å². The molecule has 1 aromatic carbocycles. The van der Waals surface area contributed by atoms with Gasteiger partial charge in [-0.3, -0.25) is 9.78 Å². The van der Waals surface area contributed by atoms with E-state index in [1.165, 1.54) is 5.56 Å². The van der Waals surface area contributed by atoms with Crippen LogP contribution in [0.25, 0.3) is 0 Å². The number of aliphatic carboxylic acids is 1. The highest BCUT2D eigenvalue weighted by Gasteiger charge is 2.20. The molecule has 0 spiro atoms. The Bertz CT molecular complexity index is 579. The van der Waals surface area contributed by atoms with Gasteiger partial charge in [0.1, 0.15) is 0 Å². The summed E-state index contributed by atoms with van der Waals surface area (Å²) < 4.78 is 0. The molecular formula is C16H17NO2. The van der Waals surface area contributed by atoms with Gasteiger partial charge in [0.2, 0.25) is 0 Å². The number of carboxylic acid groups (broad SMARTS) is 1. The lowest BCUT2D eigenvalue weighted by atomic mass is 9.90.